The number of hydrogen-bond donors (Lipinski definition) is 0. The van der Waals surface area contributed by atoms with Crippen LogP contribution < -0.4 is 0 Å². The quantitative estimate of drug-likeness (QED) is 0.375. The lowest BCUT2D eigenvalue weighted by Gasteiger charge is -2.43. The van der Waals surface area contributed by atoms with Gasteiger partial charge in [0.15, 0.2) is 0 Å². The summed E-state index contributed by atoms with van der Waals surface area (Å²) in [6.45, 7) is 4.21. The van der Waals surface area contributed by atoms with E-state index in [1.54, 1.807) is 0 Å². The van der Waals surface area contributed by atoms with Crippen molar-refractivity contribution in [2.45, 2.75) is 63.3 Å². The maximum absolute atomic E-state index is 10.7. The molecular weight excluding hydrogens is 198 g/mol. The van der Waals surface area contributed by atoms with Crippen molar-refractivity contribution in [1.82, 2.24) is 0 Å². The van der Waals surface area contributed by atoms with Gasteiger partial charge >= 0.3 is 0 Å². The first-order valence-corrected chi connectivity index (χ1v) is 6.55. The molecule has 2 heteroatoms. The van der Waals surface area contributed by atoms with E-state index in [4.69, 9.17) is 0 Å². The fraction of sp³-hybridized carbons (Fsp3) is 0.786. The molecule has 2 aliphatic rings. The summed E-state index contributed by atoms with van der Waals surface area (Å²) in [6.07, 6.45) is 12.5. The lowest BCUT2D eigenvalue weighted by atomic mass is 9.65. The number of rotatable bonds is 1. The molecule has 2 saturated carbocycles. The zero-order valence-corrected chi connectivity index (χ0v) is 10.0. The Kier molecular flexibility index (Phi) is 3.60. The first-order chi connectivity index (χ1) is 7.78. The standard InChI is InChI=1S/C14H21NO/c1-12-7-6-10-14(15-11-16)9-5-3-2-4-8-13(12)14/h13H,1-10H2. The molecule has 88 valence electrons. The van der Waals surface area contributed by atoms with Crippen LogP contribution in [0, 0.1) is 5.92 Å². The molecule has 2 unspecified atom stereocenters. The SMILES string of the molecule is C=C1CCCC2(N=C=O)CCCCCCC12. The fourth-order valence-electron chi connectivity index (χ4n) is 3.54. The van der Waals surface area contributed by atoms with E-state index < -0.39 is 0 Å². The molecular formula is C14H21NO. The molecule has 2 rings (SSSR count). The van der Waals surface area contributed by atoms with Crippen LogP contribution in [0.2, 0.25) is 0 Å². The predicted octanol–water partition coefficient (Wildman–Crippen LogP) is 3.77. The molecule has 0 aliphatic heterocycles. The van der Waals surface area contributed by atoms with Crippen LogP contribution in [0.1, 0.15) is 57.8 Å². The van der Waals surface area contributed by atoms with Crippen LogP contribution in [0.25, 0.3) is 0 Å². The van der Waals surface area contributed by atoms with Gasteiger partial charge in [0.1, 0.15) is 0 Å². The van der Waals surface area contributed by atoms with Crippen molar-refractivity contribution in [1.29, 1.82) is 0 Å². The number of fused-ring (bicyclic) bond motifs is 1. The molecule has 2 aliphatic carbocycles. The van der Waals surface area contributed by atoms with Gasteiger partial charge in [-0.15, -0.1) is 0 Å². The minimum absolute atomic E-state index is 0.127. The summed E-state index contributed by atoms with van der Waals surface area (Å²) in [5.74, 6) is 0.447. The molecule has 0 spiro atoms. The molecule has 0 radical (unpaired) electrons. The molecule has 0 amide bonds. The Hall–Kier alpha value is -0.880. The van der Waals surface area contributed by atoms with Crippen molar-refractivity contribution in [3.05, 3.63) is 12.2 Å². The monoisotopic (exact) mass is 219 g/mol. The highest BCUT2D eigenvalue weighted by Gasteiger charge is 2.42. The first kappa shape index (κ1) is 11.6. The highest BCUT2D eigenvalue weighted by molar-refractivity contribution is 5.36. The van der Waals surface area contributed by atoms with Crippen molar-refractivity contribution in [2.24, 2.45) is 10.9 Å². The van der Waals surface area contributed by atoms with Crippen molar-refractivity contribution in [2.75, 3.05) is 0 Å². The number of hydrogen-bond acceptors (Lipinski definition) is 2. The zero-order chi connectivity index (χ0) is 11.4. The average Bonchev–Trinajstić information content (AvgIpc) is 2.22. The van der Waals surface area contributed by atoms with Gasteiger partial charge in [-0.2, -0.15) is 4.99 Å². The Bertz CT molecular complexity index is 317. The van der Waals surface area contributed by atoms with Gasteiger partial charge in [0.25, 0.3) is 0 Å². The molecule has 0 heterocycles. The van der Waals surface area contributed by atoms with E-state index in [-0.39, 0.29) is 5.54 Å². The predicted molar refractivity (Wildman–Crippen MR) is 65.0 cm³/mol. The van der Waals surface area contributed by atoms with Gasteiger partial charge in [-0.1, -0.05) is 37.8 Å². The van der Waals surface area contributed by atoms with Crippen molar-refractivity contribution in [3.63, 3.8) is 0 Å². The van der Waals surface area contributed by atoms with Crippen molar-refractivity contribution < 1.29 is 4.79 Å². The van der Waals surface area contributed by atoms with Gasteiger partial charge in [-0.25, -0.2) is 4.79 Å². The summed E-state index contributed by atoms with van der Waals surface area (Å²) < 4.78 is 0. The maximum Gasteiger partial charge on any atom is 0.235 e. The summed E-state index contributed by atoms with van der Waals surface area (Å²) >= 11 is 0. The third-order valence-electron chi connectivity index (χ3n) is 4.37. The van der Waals surface area contributed by atoms with Gasteiger partial charge in [-0.05, 0) is 32.1 Å². The first-order valence-electron chi connectivity index (χ1n) is 6.55. The number of carbonyl (C=O) groups excluding carboxylic acids is 1. The van der Waals surface area contributed by atoms with Crippen LogP contribution in [-0.2, 0) is 4.79 Å². The third-order valence-corrected chi connectivity index (χ3v) is 4.37. The molecule has 2 fully saturated rings. The lowest BCUT2D eigenvalue weighted by Crippen LogP contribution is -2.40. The lowest BCUT2D eigenvalue weighted by molar-refractivity contribution is 0.198. The second-order valence-corrected chi connectivity index (χ2v) is 5.32. The minimum Gasteiger partial charge on any atom is -0.211 e. The molecule has 0 aromatic heterocycles. The molecule has 0 N–H and O–H groups in total. The van der Waals surface area contributed by atoms with Gasteiger partial charge in [-0.3, -0.25) is 0 Å². The Morgan fingerprint density at radius 1 is 1.19 bits per heavy atom. The Balaban J connectivity index is 2.28. The van der Waals surface area contributed by atoms with E-state index in [0.29, 0.717) is 5.92 Å². The number of aliphatic imine (C=N–C) groups is 1. The summed E-state index contributed by atoms with van der Waals surface area (Å²) in [4.78, 5) is 14.9. The molecule has 0 aromatic carbocycles. The van der Waals surface area contributed by atoms with E-state index in [1.165, 1.54) is 37.7 Å². The van der Waals surface area contributed by atoms with Gasteiger partial charge in [0.2, 0.25) is 6.08 Å². The average molecular weight is 219 g/mol. The smallest absolute Gasteiger partial charge is 0.211 e. The molecule has 2 nitrogen and oxygen atoms in total. The van der Waals surface area contributed by atoms with Crippen LogP contribution in [0.15, 0.2) is 17.1 Å². The van der Waals surface area contributed by atoms with E-state index in [9.17, 15) is 4.79 Å². The fourth-order valence-corrected chi connectivity index (χ4v) is 3.54. The molecule has 0 bridgehead atoms. The van der Waals surface area contributed by atoms with E-state index >= 15 is 0 Å². The molecule has 0 saturated heterocycles. The van der Waals surface area contributed by atoms with Gasteiger partial charge in [0, 0.05) is 5.92 Å². The molecule has 0 aromatic rings. The maximum atomic E-state index is 10.7. The van der Waals surface area contributed by atoms with Gasteiger partial charge in [0.05, 0.1) is 5.54 Å². The van der Waals surface area contributed by atoms with Crippen LogP contribution >= 0.6 is 0 Å². The largest absolute Gasteiger partial charge is 0.235 e. The highest BCUT2D eigenvalue weighted by Crippen LogP contribution is 2.46. The van der Waals surface area contributed by atoms with E-state index in [2.05, 4.69) is 11.6 Å². The van der Waals surface area contributed by atoms with Crippen LogP contribution in [-0.4, -0.2) is 11.6 Å². The molecule has 2 atom stereocenters. The molecule has 16 heavy (non-hydrogen) atoms. The Labute approximate surface area is 97.8 Å². The van der Waals surface area contributed by atoms with E-state index in [1.807, 2.05) is 6.08 Å². The minimum atomic E-state index is -0.127. The van der Waals surface area contributed by atoms with Crippen LogP contribution in [0.5, 0.6) is 0 Å². The summed E-state index contributed by atoms with van der Waals surface area (Å²) in [7, 11) is 0. The van der Waals surface area contributed by atoms with Crippen LogP contribution in [0.4, 0.5) is 0 Å². The van der Waals surface area contributed by atoms with Crippen LogP contribution in [0.3, 0.4) is 0 Å². The van der Waals surface area contributed by atoms with Gasteiger partial charge < -0.3 is 0 Å². The van der Waals surface area contributed by atoms with Crippen molar-refractivity contribution >= 4 is 6.08 Å². The van der Waals surface area contributed by atoms with Crippen molar-refractivity contribution in [3.8, 4) is 0 Å². The number of nitrogens with zero attached hydrogens (tertiary/aromatic N) is 1. The normalized spacial score (nSPS) is 35.5. The third kappa shape index (κ3) is 2.12. The van der Waals surface area contributed by atoms with E-state index in [0.717, 1.165) is 25.7 Å². The Morgan fingerprint density at radius 3 is 2.75 bits per heavy atom. The number of isocyanates is 1. The second kappa shape index (κ2) is 4.97. The second-order valence-electron chi connectivity index (χ2n) is 5.32. The highest BCUT2D eigenvalue weighted by atomic mass is 16.1. The topological polar surface area (TPSA) is 29.4 Å². The summed E-state index contributed by atoms with van der Waals surface area (Å²) in [5.41, 5.74) is 1.20. The zero-order valence-electron chi connectivity index (χ0n) is 10.0. The summed E-state index contributed by atoms with van der Waals surface area (Å²) in [6, 6.07) is 0. The Morgan fingerprint density at radius 2 is 1.94 bits per heavy atom. The summed E-state index contributed by atoms with van der Waals surface area (Å²) in [5, 5.41) is 0.